The van der Waals surface area contributed by atoms with E-state index < -0.39 is 74.4 Å². The van der Waals surface area contributed by atoms with Crippen molar-refractivity contribution in [3.8, 4) is 0 Å². The SMILES string of the molecule is CC(C)(C)OC(=O)NC(C(=O)NOCc1ccccc1)C(O)CO.CC(C)(C)OC(=O)NC(C(=O)NOCc1ccccc1)C(O)CO[Si](C)(C)C(C)(C)C. The van der Waals surface area contributed by atoms with Crippen LogP contribution in [0.5, 0.6) is 0 Å². The first-order valence-corrected chi connectivity index (χ1v) is 20.8. The molecule has 0 aliphatic heterocycles. The van der Waals surface area contributed by atoms with Gasteiger partial charge in [-0.2, -0.15) is 0 Å². The standard InChI is InChI=1S/C22H38N2O6Si.C16H24N2O6/c1-21(2,3)30-20(27)23-18(17(25)15-29-31(7,8)22(4,5)6)19(26)24-28-14-16-12-10-9-11-13-16;1-16(2,3)24-15(22)17-13(12(20)9-19)14(21)18-23-10-11-7-5-4-6-8-11/h9-13,17-18,25H,14-15H2,1-8H3,(H,23,27)(H,24,26);4-8,12-13,19-20H,9-10H2,1-3H3,(H,17,22)(H,18,21). The summed E-state index contributed by atoms with van der Waals surface area (Å²) in [6.45, 7) is 19.8. The fourth-order valence-electron chi connectivity index (χ4n) is 3.91. The molecule has 2 aromatic carbocycles. The zero-order valence-electron chi connectivity index (χ0n) is 33.9. The maximum atomic E-state index is 12.7. The number of hydroxylamine groups is 2. The van der Waals surface area contributed by atoms with Crippen LogP contribution < -0.4 is 21.6 Å². The second-order valence-electron chi connectivity index (χ2n) is 16.1. The van der Waals surface area contributed by atoms with Gasteiger partial charge in [-0.15, -0.1) is 0 Å². The number of ether oxygens (including phenoxy) is 2. The van der Waals surface area contributed by atoms with Crippen LogP contribution in [0.25, 0.3) is 0 Å². The van der Waals surface area contributed by atoms with Crippen LogP contribution in [0.2, 0.25) is 18.1 Å². The Labute approximate surface area is 325 Å². The van der Waals surface area contributed by atoms with E-state index in [0.29, 0.717) is 0 Å². The molecule has 0 saturated carbocycles. The highest BCUT2D eigenvalue weighted by Crippen LogP contribution is 2.36. The van der Waals surface area contributed by atoms with Crippen LogP contribution in [-0.2, 0) is 46.4 Å². The molecule has 0 radical (unpaired) electrons. The van der Waals surface area contributed by atoms with E-state index in [1.54, 1.807) is 41.5 Å². The highest BCUT2D eigenvalue weighted by Gasteiger charge is 2.39. The maximum absolute atomic E-state index is 12.7. The number of aliphatic hydroxyl groups excluding tert-OH is 3. The van der Waals surface area contributed by atoms with Crippen molar-refractivity contribution in [1.29, 1.82) is 0 Å². The monoisotopic (exact) mass is 794 g/mol. The van der Waals surface area contributed by atoms with Gasteiger partial charge in [-0.1, -0.05) is 81.4 Å². The molecule has 55 heavy (non-hydrogen) atoms. The highest BCUT2D eigenvalue weighted by atomic mass is 28.4. The van der Waals surface area contributed by atoms with Gasteiger partial charge in [0.25, 0.3) is 11.8 Å². The van der Waals surface area contributed by atoms with E-state index in [4.69, 9.17) is 28.7 Å². The minimum absolute atomic E-state index is 0.0676. The smallest absolute Gasteiger partial charge is 0.408 e. The van der Waals surface area contributed by atoms with Crippen molar-refractivity contribution in [2.24, 2.45) is 0 Å². The van der Waals surface area contributed by atoms with Crippen molar-refractivity contribution >= 4 is 32.3 Å². The third kappa shape index (κ3) is 20.4. The molecule has 2 aromatic rings. The number of carbonyl (C=O) groups excluding carboxylic acids is 4. The summed E-state index contributed by atoms with van der Waals surface area (Å²) in [6, 6.07) is 15.7. The van der Waals surface area contributed by atoms with Gasteiger partial charge in [0.15, 0.2) is 8.32 Å². The summed E-state index contributed by atoms with van der Waals surface area (Å²) >= 11 is 0. The summed E-state index contributed by atoms with van der Waals surface area (Å²) in [5.41, 5.74) is 4.60. The van der Waals surface area contributed by atoms with Crippen LogP contribution in [0.3, 0.4) is 0 Å². The summed E-state index contributed by atoms with van der Waals surface area (Å²) in [5.74, 6) is -1.51. The number of hydrogen-bond donors (Lipinski definition) is 7. The number of amides is 4. The lowest BCUT2D eigenvalue weighted by Gasteiger charge is -2.37. The lowest BCUT2D eigenvalue weighted by atomic mass is 10.1. The molecule has 0 aliphatic rings. The maximum Gasteiger partial charge on any atom is 0.408 e. The molecule has 310 valence electrons. The van der Waals surface area contributed by atoms with Crippen molar-refractivity contribution in [2.45, 2.75) is 129 Å². The number of benzene rings is 2. The van der Waals surface area contributed by atoms with Crippen molar-refractivity contribution in [1.82, 2.24) is 21.6 Å². The number of carbonyl (C=O) groups is 4. The average molecular weight is 795 g/mol. The molecular formula is C38H62N4O12Si. The Bertz CT molecular complexity index is 1460. The Kier molecular flexibility index (Phi) is 20.0. The quantitative estimate of drug-likeness (QED) is 0.0947. The van der Waals surface area contributed by atoms with E-state index in [9.17, 15) is 29.4 Å². The van der Waals surface area contributed by atoms with Crippen LogP contribution in [0.15, 0.2) is 60.7 Å². The van der Waals surface area contributed by atoms with E-state index in [-0.39, 0.29) is 24.9 Å². The van der Waals surface area contributed by atoms with Crippen LogP contribution in [0, 0.1) is 0 Å². The molecular weight excluding hydrogens is 733 g/mol. The van der Waals surface area contributed by atoms with Gasteiger partial charge in [0.2, 0.25) is 0 Å². The third-order valence-corrected chi connectivity index (χ3v) is 12.3. The fraction of sp³-hybridized carbons (Fsp3) is 0.579. The number of rotatable bonds is 16. The van der Waals surface area contributed by atoms with Gasteiger partial charge in [0.1, 0.15) is 35.5 Å². The third-order valence-electron chi connectivity index (χ3n) is 7.80. The fourth-order valence-corrected chi connectivity index (χ4v) is 4.93. The summed E-state index contributed by atoms with van der Waals surface area (Å²) in [7, 11) is -2.16. The van der Waals surface area contributed by atoms with E-state index in [0.717, 1.165) is 11.1 Å². The molecule has 4 amide bonds. The molecule has 4 atom stereocenters. The zero-order chi connectivity index (χ0) is 42.0. The second-order valence-corrected chi connectivity index (χ2v) is 20.9. The van der Waals surface area contributed by atoms with Gasteiger partial charge in [-0.3, -0.25) is 19.3 Å². The lowest BCUT2D eigenvalue weighted by molar-refractivity contribution is -0.141. The second kappa shape index (κ2) is 22.5. The molecule has 0 spiro atoms. The average Bonchev–Trinajstić information content (AvgIpc) is 3.07. The van der Waals surface area contributed by atoms with Crippen molar-refractivity contribution in [2.75, 3.05) is 13.2 Å². The molecule has 2 rings (SSSR count). The molecule has 0 saturated heterocycles. The Morgan fingerprint density at radius 1 is 0.636 bits per heavy atom. The van der Waals surface area contributed by atoms with Gasteiger partial charge in [0.05, 0.1) is 26.4 Å². The minimum Gasteiger partial charge on any atom is -0.444 e. The summed E-state index contributed by atoms with van der Waals surface area (Å²) < 4.78 is 16.3. The predicted octanol–water partition coefficient (Wildman–Crippen LogP) is 3.99. The topological polar surface area (TPSA) is 223 Å². The van der Waals surface area contributed by atoms with E-state index in [1.165, 1.54) is 0 Å². The van der Waals surface area contributed by atoms with Crippen molar-refractivity contribution in [3.63, 3.8) is 0 Å². The number of nitrogens with one attached hydrogen (secondary N) is 4. The van der Waals surface area contributed by atoms with Crippen LogP contribution in [0.4, 0.5) is 9.59 Å². The minimum atomic E-state index is -2.16. The van der Waals surface area contributed by atoms with Crippen LogP contribution in [0.1, 0.15) is 73.4 Å². The first kappa shape index (κ1) is 48.9. The molecule has 0 bridgehead atoms. The molecule has 0 heterocycles. The molecule has 4 unspecified atom stereocenters. The van der Waals surface area contributed by atoms with E-state index in [2.05, 4.69) is 42.4 Å². The molecule has 7 N–H and O–H groups in total. The van der Waals surface area contributed by atoms with E-state index >= 15 is 0 Å². The lowest BCUT2D eigenvalue weighted by Crippen LogP contribution is -2.56. The Morgan fingerprint density at radius 3 is 1.33 bits per heavy atom. The summed E-state index contributed by atoms with van der Waals surface area (Å²) in [5, 5.41) is 34.0. The first-order chi connectivity index (χ1) is 25.3. The summed E-state index contributed by atoms with van der Waals surface area (Å²) in [6.07, 6.45) is -4.50. The number of alkyl carbamates (subject to hydrolysis) is 2. The van der Waals surface area contributed by atoms with Gasteiger partial charge in [-0.25, -0.2) is 20.5 Å². The van der Waals surface area contributed by atoms with Gasteiger partial charge in [0, 0.05) is 0 Å². The summed E-state index contributed by atoms with van der Waals surface area (Å²) in [4.78, 5) is 59.0. The Hall–Kier alpha value is -4.10. The van der Waals surface area contributed by atoms with Gasteiger partial charge in [-0.05, 0) is 70.8 Å². The molecule has 0 aliphatic carbocycles. The highest BCUT2D eigenvalue weighted by molar-refractivity contribution is 6.74. The van der Waals surface area contributed by atoms with Crippen molar-refractivity contribution < 1.29 is 58.1 Å². The van der Waals surface area contributed by atoms with Gasteiger partial charge >= 0.3 is 12.2 Å². The van der Waals surface area contributed by atoms with E-state index in [1.807, 2.05) is 73.8 Å². The number of hydrogen-bond acceptors (Lipinski definition) is 12. The predicted molar refractivity (Wildman–Crippen MR) is 207 cm³/mol. The Balaban J connectivity index is 0.000000568. The molecule has 0 fully saturated rings. The van der Waals surface area contributed by atoms with Gasteiger partial charge < -0.3 is 39.9 Å². The first-order valence-electron chi connectivity index (χ1n) is 17.9. The molecule has 17 heteroatoms. The number of aliphatic hydroxyl groups is 3. The zero-order valence-corrected chi connectivity index (χ0v) is 34.9. The molecule has 0 aromatic heterocycles. The Morgan fingerprint density at radius 2 is 1.00 bits per heavy atom. The normalized spacial score (nSPS) is 14.1. The largest absolute Gasteiger partial charge is 0.444 e. The van der Waals surface area contributed by atoms with Crippen LogP contribution in [-0.4, -0.2) is 96.3 Å². The molecule has 16 nitrogen and oxygen atoms in total. The van der Waals surface area contributed by atoms with Crippen LogP contribution >= 0.6 is 0 Å². The van der Waals surface area contributed by atoms with Crippen molar-refractivity contribution in [3.05, 3.63) is 71.8 Å².